The molecule has 0 radical (unpaired) electrons. The van der Waals surface area contributed by atoms with Crippen LogP contribution in [0.3, 0.4) is 0 Å². The number of carbonyl (C=O) groups excluding carboxylic acids is 1. The highest BCUT2D eigenvalue weighted by atomic mass is 16.5. The van der Waals surface area contributed by atoms with Crippen LogP contribution in [0.25, 0.3) is 0 Å². The summed E-state index contributed by atoms with van der Waals surface area (Å²) in [5.74, 6) is 0.214. The lowest BCUT2D eigenvalue weighted by Gasteiger charge is -2.05. The van der Waals surface area contributed by atoms with Crippen LogP contribution in [0.2, 0.25) is 0 Å². The second kappa shape index (κ2) is 7.70. The molecular formula is C16H22O2. The van der Waals surface area contributed by atoms with Gasteiger partial charge < -0.3 is 4.74 Å². The molecule has 98 valence electrons. The van der Waals surface area contributed by atoms with Gasteiger partial charge in [0, 0.05) is 5.57 Å². The zero-order chi connectivity index (χ0) is 13.4. The molecule has 1 aromatic carbocycles. The van der Waals surface area contributed by atoms with Crippen molar-refractivity contribution in [1.82, 2.24) is 0 Å². The zero-order valence-electron chi connectivity index (χ0n) is 11.4. The smallest absolute Gasteiger partial charge is 0.338 e. The molecule has 0 N–H and O–H groups in total. The fourth-order valence-electron chi connectivity index (χ4n) is 1.67. The van der Waals surface area contributed by atoms with Gasteiger partial charge in [0.15, 0.2) is 0 Å². The van der Waals surface area contributed by atoms with E-state index in [0.29, 0.717) is 11.3 Å². The Morgan fingerprint density at radius 2 is 1.83 bits per heavy atom. The highest BCUT2D eigenvalue weighted by Crippen LogP contribution is 2.15. The van der Waals surface area contributed by atoms with E-state index < -0.39 is 0 Å². The van der Waals surface area contributed by atoms with Crippen LogP contribution in [0.1, 0.15) is 45.1 Å². The van der Waals surface area contributed by atoms with E-state index in [9.17, 15) is 4.79 Å². The van der Waals surface area contributed by atoms with Crippen LogP contribution >= 0.6 is 0 Å². The topological polar surface area (TPSA) is 26.3 Å². The van der Waals surface area contributed by atoms with Gasteiger partial charge in [0.05, 0.1) is 0 Å². The molecule has 2 heteroatoms. The predicted octanol–water partition coefficient (Wildman–Crippen LogP) is 4.29. The van der Waals surface area contributed by atoms with Gasteiger partial charge in [-0.1, -0.05) is 44.9 Å². The van der Waals surface area contributed by atoms with Gasteiger partial charge in [-0.2, -0.15) is 0 Å². The molecule has 0 spiro atoms. The van der Waals surface area contributed by atoms with Gasteiger partial charge in [0.2, 0.25) is 0 Å². The van der Waals surface area contributed by atoms with Crippen LogP contribution in [0, 0.1) is 0 Å². The van der Waals surface area contributed by atoms with Crippen LogP contribution in [-0.4, -0.2) is 5.97 Å². The molecule has 0 bridgehead atoms. The Bertz CT molecular complexity index is 390. The number of unbranched alkanes of at least 4 members (excludes halogenated alkanes) is 3. The van der Waals surface area contributed by atoms with Gasteiger partial charge in [-0.3, -0.25) is 0 Å². The summed E-state index contributed by atoms with van der Waals surface area (Å²) in [5.41, 5.74) is 1.71. The lowest BCUT2D eigenvalue weighted by Crippen LogP contribution is -2.07. The Labute approximate surface area is 110 Å². The number of hydrogen-bond acceptors (Lipinski definition) is 2. The van der Waals surface area contributed by atoms with Gasteiger partial charge in [0.25, 0.3) is 0 Å². The van der Waals surface area contributed by atoms with Gasteiger partial charge in [0.1, 0.15) is 5.75 Å². The molecular weight excluding hydrogens is 224 g/mol. The fraction of sp³-hybridized carbons (Fsp3) is 0.438. The summed E-state index contributed by atoms with van der Waals surface area (Å²) in [4.78, 5) is 11.3. The fourth-order valence-corrected chi connectivity index (χ4v) is 1.67. The lowest BCUT2D eigenvalue weighted by atomic mass is 10.1. The van der Waals surface area contributed by atoms with Crippen molar-refractivity contribution >= 4 is 5.97 Å². The summed E-state index contributed by atoms with van der Waals surface area (Å²) in [5, 5.41) is 0. The minimum absolute atomic E-state index is 0.370. The van der Waals surface area contributed by atoms with Crippen molar-refractivity contribution in [2.75, 3.05) is 0 Å². The first-order chi connectivity index (χ1) is 8.63. The molecule has 0 saturated carbocycles. The highest BCUT2D eigenvalue weighted by molar-refractivity contribution is 5.88. The minimum atomic E-state index is -0.370. The number of benzene rings is 1. The third kappa shape index (κ3) is 5.17. The number of carbonyl (C=O) groups is 1. The van der Waals surface area contributed by atoms with Crippen molar-refractivity contribution in [1.29, 1.82) is 0 Å². The van der Waals surface area contributed by atoms with E-state index in [1.54, 1.807) is 6.92 Å². The van der Waals surface area contributed by atoms with Crippen LogP contribution < -0.4 is 4.74 Å². The van der Waals surface area contributed by atoms with Gasteiger partial charge >= 0.3 is 5.97 Å². The summed E-state index contributed by atoms with van der Waals surface area (Å²) in [6.45, 7) is 7.41. The number of esters is 1. The summed E-state index contributed by atoms with van der Waals surface area (Å²) < 4.78 is 5.14. The van der Waals surface area contributed by atoms with Crippen LogP contribution in [-0.2, 0) is 11.2 Å². The van der Waals surface area contributed by atoms with Gasteiger partial charge in [-0.15, -0.1) is 0 Å². The van der Waals surface area contributed by atoms with E-state index in [0.717, 1.165) is 6.42 Å². The van der Waals surface area contributed by atoms with Crippen molar-refractivity contribution in [2.24, 2.45) is 0 Å². The SMILES string of the molecule is C=C(C)C(=O)Oc1ccc(CCCCCC)cc1. The maximum atomic E-state index is 11.3. The second-order valence-electron chi connectivity index (χ2n) is 4.62. The van der Waals surface area contributed by atoms with Crippen molar-refractivity contribution in [2.45, 2.75) is 46.0 Å². The normalized spacial score (nSPS) is 10.1. The standard InChI is InChI=1S/C16H22O2/c1-4-5-6-7-8-14-9-11-15(12-10-14)18-16(17)13(2)3/h9-12H,2,4-8H2,1,3H3. The van der Waals surface area contributed by atoms with Gasteiger partial charge in [-0.05, 0) is 37.5 Å². The average molecular weight is 246 g/mol. The third-order valence-corrected chi connectivity index (χ3v) is 2.80. The zero-order valence-corrected chi connectivity index (χ0v) is 11.4. The van der Waals surface area contributed by atoms with E-state index in [2.05, 4.69) is 13.5 Å². The van der Waals surface area contributed by atoms with E-state index in [4.69, 9.17) is 4.74 Å². The Hall–Kier alpha value is -1.57. The van der Waals surface area contributed by atoms with E-state index in [1.807, 2.05) is 24.3 Å². The lowest BCUT2D eigenvalue weighted by molar-refractivity contribution is -0.130. The molecule has 0 amide bonds. The molecule has 0 fully saturated rings. The summed E-state index contributed by atoms with van der Waals surface area (Å²) in [7, 11) is 0. The van der Waals surface area contributed by atoms with Crippen molar-refractivity contribution in [3.8, 4) is 5.75 Å². The molecule has 0 aliphatic carbocycles. The first-order valence-corrected chi connectivity index (χ1v) is 6.60. The van der Waals surface area contributed by atoms with Crippen LogP contribution in [0.15, 0.2) is 36.4 Å². The molecule has 0 unspecified atom stereocenters. The maximum absolute atomic E-state index is 11.3. The molecule has 0 saturated heterocycles. The van der Waals surface area contributed by atoms with E-state index in [1.165, 1.54) is 31.2 Å². The van der Waals surface area contributed by atoms with Gasteiger partial charge in [-0.25, -0.2) is 4.79 Å². The molecule has 0 aromatic heterocycles. The summed E-state index contributed by atoms with van der Waals surface area (Å²) >= 11 is 0. The quantitative estimate of drug-likeness (QED) is 0.310. The first-order valence-electron chi connectivity index (χ1n) is 6.60. The average Bonchev–Trinajstić information content (AvgIpc) is 2.36. The van der Waals surface area contributed by atoms with E-state index >= 15 is 0 Å². The number of aryl methyl sites for hydroxylation is 1. The monoisotopic (exact) mass is 246 g/mol. The summed E-state index contributed by atoms with van der Waals surface area (Å²) in [6, 6.07) is 7.73. The largest absolute Gasteiger partial charge is 0.423 e. The Balaban J connectivity index is 2.42. The molecule has 0 aliphatic heterocycles. The molecule has 18 heavy (non-hydrogen) atoms. The van der Waals surface area contributed by atoms with Crippen molar-refractivity contribution in [3.05, 3.63) is 42.0 Å². The predicted molar refractivity (Wildman–Crippen MR) is 74.7 cm³/mol. The number of rotatable bonds is 7. The molecule has 1 rings (SSSR count). The summed E-state index contributed by atoms with van der Waals surface area (Å²) in [6.07, 6.45) is 6.15. The molecule has 2 nitrogen and oxygen atoms in total. The Kier molecular flexibility index (Phi) is 6.20. The molecule has 0 atom stereocenters. The second-order valence-corrected chi connectivity index (χ2v) is 4.62. The first kappa shape index (κ1) is 14.5. The Morgan fingerprint density at radius 1 is 1.17 bits per heavy atom. The molecule has 0 heterocycles. The Morgan fingerprint density at radius 3 is 2.39 bits per heavy atom. The third-order valence-electron chi connectivity index (χ3n) is 2.80. The highest BCUT2D eigenvalue weighted by Gasteiger charge is 2.04. The number of ether oxygens (including phenoxy) is 1. The van der Waals surface area contributed by atoms with E-state index in [-0.39, 0.29) is 5.97 Å². The van der Waals surface area contributed by atoms with Crippen molar-refractivity contribution < 1.29 is 9.53 Å². The van der Waals surface area contributed by atoms with Crippen LogP contribution in [0.5, 0.6) is 5.75 Å². The minimum Gasteiger partial charge on any atom is -0.423 e. The maximum Gasteiger partial charge on any atom is 0.338 e. The molecule has 1 aromatic rings. The molecule has 0 aliphatic rings. The number of hydrogen-bond donors (Lipinski definition) is 0. The van der Waals surface area contributed by atoms with Crippen molar-refractivity contribution in [3.63, 3.8) is 0 Å². The van der Waals surface area contributed by atoms with Crippen LogP contribution in [0.4, 0.5) is 0 Å².